The zero-order valence-electron chi connectivity index (χ0n) is 9.04. The summed E-state index contributed by atoms with van der Waals surface area (Å²) in [4.78, 5) is 11.7. The first-order valence-corrected chi connectivity index (χ1v) is 6.21. The highest BCUT2D eigenvalue weighted by atomic mass is 35.5. The van der Waals surface area contributed by atoms with Crippen LogP contribution in [-0.2, 0) is 0 Å². The van der Waals surface area contributed by atoms with Crippen molar-refractivity contribution in [1.29, 1.82) is 0 Å². The molecule has 0 spiro atoms. The van der Waals surface area contributed by atoms with Crippen LogP contribution in [0.5, 0.6) is 0 Å². The smallest absolute Gasteiger partial charge is 0.142 e. The monoisotopic (exact) mass is 235 g/mol. The van der Waals surface area contributed by atoms with Crippen LogP contribution in [0, 0.1) is 0 Å². The lowest BCUT2D eigenvalue weighted by Crippen LogP contribution is -2.07. The number of hydrogen-bond acceptors (Lipinski definition) is 2. The van der Waals surface area contributed by atoms with E-state index in [2.05, 4.69) is 15.0 Å². The van der Waals surface area contributed by atoms with Crippen molar-refractivity contribution < 1.29 is 0 Å². The summed E-state index contributed by atoms with van der Waals surface area (Å²) in [5.41, 5.74) is 2.04. The Kier molecular flexibility index (Phi) is 2.56. The number of H-pyrrole nitrogens is 1. The third kappa shape index (κ3) is 1.69. The second-order valence-corrected chi connectivity index (χ2v) is 4.88. The van der Waals surface area contributed by atoms with E-state index in [-0.39, 0.29) is 0 Å². The molecule has 0 radical (unpaired) electrons. The quantitative estimate of drug-likeness (QED) is 0.820. The summed E-state index contributed by atoms with van der Waals surface area (Å²) in [5, 5.41) is 1.74. The van der Waals surface area contributed by atoms with Gasteiger partial charge in [-0.15, -0.1) is 0 Å². The number of rotatable bonds is 1. The molecule has 1 aliphatic rings. The van der Waals surface area contributed by atoms with Gasteiger partial charge < -0.3 is 4.98 Å². The molecule has 1 N–H and O–H groups in total. The first kappa shape index (κ1) is 10.1. The number of nitrogens with zero attached hydrogens (tertiary/aromatic N) is 2. The second kappa shape index (κ2) is 4.06. The molecule has 3 rings (SSSR count). The summed E-state index contributed by atoms with van der Waals surface area (Å²) in [5.74, 6) is 0.589. The van der Waals surface area contributed by atoms with Crippen molar-refractivity contribution in [3.05, 3.63) is 23.2 Å². The van der Waals surface area contributed by atoms with Gasteiger partial charge in [-0.05, 0) is 18.9 Å². The molecule has 1 saturated carbocycles. The van der Waals surface area contributed by atoms with E-state index in [9.17, 15) is 0 Å². The average molecular weight is 236 g/mol. The molecule has 0 unspecified atom stereocenters. The third-order valence-electron chi connectivity index (χ3n) is 3.42. The molecule has 0 bridgehead atoms. The van der Waals surface area contributed by atoms with E-state index < -0.39 is 0 Å². The lowest BCUT2D eigenvalue weighted by atomic mass is 9.86. The minimum absolute atomic E-state index is 0.589. The number of halogens is 1. The lowest BCUT2D eigenvalue weighted by Gasteiger charge is -2.21. The van der Waals surface area contributed by atoms with Crippen molar-refractivity contribution in [3.8, 4) is 0 Å². The summed E-state index contributed by atoms with van der Waals surface area (Å²) in [6.07, 6.45) is 8.12. The van der Waals surface area contributed by atoms with Gasteiger partial charge in [-0.2, -0.15) is 0 Å². The van der Waals surface area contributed by atoms with Crippen molar-refractivity contribution in [2.75, 3.05) is 0 Å². The highest BCUT2D eigenvalue weighted by Crippen LogP contribution is 2.35. The van der Waals surface area contributed by atoms with Gasteiger partial charge in [0.2, 0.25) is 0 Å². The molecule has 2 aromatic heterocycles. The number of aromatic amines is 1. The SMILES string of the molecule is Clc1cc2c(C3CCCCC3)ncnc2[nH]1. The van der Waals surface area contributed by atoms with Crippen molar-refractivity contribution in [2.45, 2.75) is 38.0 Å². The van der Waals surface area contributed by atoms with E-state index >= 15 is 0 Å². The first-order chi connectivity index (χ1) is 7.84. The zero-order valence-corrected chi connectivity index (χ0v) is 9.80. The Hall–Kier alpha value is -1.09. The van der Waals surface area contributed by atoms with Gasteiger partial charge in [-0.25, -0.2) is 9.97 Å². The summed E-state index contributed by atoms with van der Waals surface area (Å²) < 4.78 is 0. The van der Waals surface area contributed by atoms with Gasteiger partial charge in [0.25, 0.3) is 0 Å². The molecule has 1 aliphatic carbocycles. The van der Waals surface area contributed by atoms with E-state index in [1.54, 1.807) is 6.33 Å². The molecule has 0 aromatic carbocycles. The molecule has 0 saturated heterocycles. The number of aromatic nitrogens is 3. The van der Waals surface area contributed by atoms with Crippen molar-refractivity contribution in [2.24, 2.45) is 0 Å². The average Bonchev–Trinajstić information content (AvgIpc) is 2.70. The summed E-state index contributed by atoms with van der Waals surface area (Å²) in [7, 11) is 0. The maximum atomic E-state index is 5.97. The molecule has 2 heterocycles. The highest BCUT2D eigenvalue weighted by Gasteiger charge is 2.20. The largest absolute Gasteiger partial charge is 0.330 e. The minimum atomic E-state index is 0.589. The summed E-state index contributed by atoms with van der Waals surface area (Å²) in [6, 6.07) is 1.95. The highest BCUT2D eigenvalue weighted by molar-refractivity contribution is 6.30. The predicted octanol–water partition coefficient (Wildman–Crippen LogP) is 3.66. The van der Waals surface area contributed by atoms with Gasteiger partial charge in [0, 0.05) is 11.3 Å². The first-order valence-electron chi connectivity index (χ1n) is 5.84. The van der Waals surface area contributed by atoms with E-state index in [4.69, 9.17) is 11.6 Å². The fourth-order valence-corrected chi connectivity index (χ4v) is 2.83. The topological polar surface area (TPSA) is 41.6 Å². The van der Waals surface area contributed by atoms with Gasteiger partial charge in [-0.1, -0.05) is 30.9 Å². The maximum absolute atomic E-state index is 5.97. The van der Waals surface area contributed by atoms with Gasteiger partial charge in [0.05, 0.1) is 5.69 Å². The standard InChI is InChI=1S/C12H14ClN3/c13-10-6-9-11(8-4-2-1-3-5-8)14-7-15-12(9)16-10/h6-8H,1-5H2,(H,14,15,16). The molecule has 4 heteroatoms. The Morgan fingerprint density at radius 3 is 2.81 bits per heavy atom. The molecule has 84 valence electrons. The van der Waals surface area contributed by atoms with Gasteiger partial charge >= 0.3 is 0 Å². The fourth-order valence-electron chi connectivity index (χ4n) is 2.63. The number of hydrogen-bond donors (Lipinski definition) is 1. The normalized spacial score (nSPS) is 18.1. The number of nitrogens with one attached hydrogen (secondary N) is 1. The molecule has 1 fully saturated rings. The van der Waals surface area contributed by atoms with E-state index in [0.717, 1.165) is 11.0 Å². The third-order valence-corrected chi connectivity index (χ3v) is 3.62. The predicted molar refractivity (Wildman–Crippen MR) is 64.7 cm³/mol. The van der Waals surface area contributed by atoms with Crippen LogP contribution in [0.1, 0.15) is 43.7 Å². The molecular weight excluding hydrogens is 222 g/mol. The van der Waals surface area contributed by atoms with Gasteiger partial charge in [0.1, 0.15) is 17.1 Å². The van der Waals surface area contributed by atoms with Gasteiger partial charge in [0.15, 0.2) is 0 Å². The Labute approximate surface area is 99.2 Å². The van der Waals surface area contributed by atoms with Crippen LogP contribution in [0.4, 0.5) is 0 Å². The molecule has 0 amide bonds. The summed E-state index contributed by atoms with van der Waals surface area (Å²) >= 11 is 5.97. The van der Waals surface area contributed by atoms with E-state index in [1.807, 2.05) is 6.07 Å². The van der Waals surface area contributed by atoms with Crippen LogP contribution in [0.15, 0.2) is 12.4 Å². The molecular formula is C12H14ClN3. The molecule has 16 heavy (non-hydrogen) atoms. The van der Waals surface area contributed by atoms with E-state index in [0.29, 0.717) is 11.1 Å². The van der Waals surface area contributed by atoms with Crippen molar-refractivity contribution >= 4 is 22.6 Å². The maximum Gasteiger partial charge on any atom is 0.142 e. The van der Waals surface area contributed by atoms with Crippen molar-refractivity contribution in [1.82, 2.24) is 15.0 Å². The lowest BCUT2D eigenvalue weighted by molar-refractivity contribution is 0.438. The summed E-state index contributed by atoms with van der Waals surface area (Å²) in [6.45, 7) is 0. The molecule has 0 atom stereocenters. The van der Waals surface area contributed by atoms with E-state index in [1.165, 1.54) is 37.8 Å². The Bertz CT molecular complexity index is 500. The van der Waals surface area contributed by atoms with Crippen LogP contribution in [0.3, 0.4) is 0 Å². The Morgan fingerprint density at radius 1 is 1.19 bits per heavy atom. The number of fused-ring (bicyclic) bond motifs is 1. The van der Waals surface area contributed by atoms with Gasteiger partial charge in [-0.3, -0.25) is 0 Å². The van der Waals surface area contributed by atoms with Crippen LogP contribution in [0.2, 0.25) is 5.15 Å². The molecule has 2 aromatic rings. The molecule has 0 aliphatic heterocycles. The van der Waals surface area contributed by atoms with Crippen LogP contribution in [0.25, 0.3) is 11.0 Å². The zero-order chi connectivity index (χ0) is 11.0. The Balaban J connectivity index is 2.07. The Morgan fingerprint density at radius 2 is 2.00 bits per heavy atom. The van der Waals surface area contributed by atoms with Crippen LogP contribution >= 0.6 is 11.6 Å². The minimum Gasteiger partial charge on any atom is -0.330 e. The fraction of sp³-hybridized carbons (Fsp3) is 0.500. The van der Waals surface area contributed by atoms with Crippen LogP contribution < -0.4 is 0 Å². The molecule has 3 nitrogen and oxygen atoms in total. The van der Waals surface area contributed by atoms with Crippen molar-refractivity contribution in [3.63, 3.8) is 0 Å². The van der Waals surface area contributed by atoms with Crippen LogP contribution in [-0.4, -0.2) is 15.0 Å². The second-order valence-electron chi connectivity index (χ2n) is 4.47.